The molecule has 0 aliphatic heterocycles. The number of nitrogens with zero attached hydrogens (tertiary/aromatic N) is 1. The third kappa shape index (κ3) is 4.68. The lowest BCUT2D eigenvalue weighted by atomic mass is 10.0. The normalized spacial score (nSPS) is 13.8. The average Bonchev–Trinajstić information content (AvgIpc) is 3.54. The Morgan fingerprint density at radius 2 is 1.80 bits per heavy atom. The van der Waals surface area contributed by atoms with Gasteiger partial charge in [-0.15, -0.1) is 0 Å². The molecule has 6 nitrogen and oxygen atoms in total. The molecule has 5 rings (SSSR count). The Bertz CT molecular complexity index is 1430. The molecule has 7 heteroatoms. The number of aromatic nitrogens is 1. The summed E-state index contributed by atoms with van der Waals surface area (Å²) in [4.78, 5) is 25.0. The molecular formula is C28H27NO5S. The van der Waals surface area contributed by atoms with Crippen LogP contribution in [-0.2, 0) is 11.3 Å². The number of hydrogen-bond acceptors (Lipinski definition) is 6. The van der Waals surface area contributed by atoms with E-state index in [0.717, 1.165) is 45.4 Å². The van der Waals surface area contributed by atoms with Crippen LogP contribution in [-0.4, -0.2) is 24.1 Å². The van der Waals surface area contributed by atoms with Gasteiger partial charge in [-0.25, -0.2) is 4.79 Å². The van der Waals surface area contributed by atoms with E-state index in [-0.39, 0.29) is 5.56 Å². The molecule has 35 heavy (non-hydrogen) atoms. The molecule has 0 unspecified atom stereocenters. The lowest BCUT2D eigenvalue weighted by molar-refractivity contribution is 0.0597. The summed E-state index contributed by atoms with van der Waals surface area (Å²) in [5.74, 6) is 0.766. The molecule has 1 fully saturated rings. The van der Waals surface area contributed by atoms with E-state index in [1.807, 2.05) is 52.5 Å². The molecular weight excluding hydrogens is 462 g/mol. The van der Waals surface area contributed by atoms with E-state index in [9.17, 15) is 9.59 Å². The van der Waals surface area contributed by atoms with Crippen LogP contribution in [0.3, 0.4) is 0 Å². The van der Waals surface area contributed by atoms with E-state index in [2.05, 4.69) is 0 Å². The minimum Gasteiger partial charge on any atom is -0.496 e. The molecule has 1 heterocycles. The molecule has 1 saturated carbocycles. The van der Waals surface area contributed by atoms with Crippen molar-refractivity contribution in [1.29, 1.82) is 0 Å². The van der Waals surface area contributed by atoms with Gasteiger partial charge in [-0.3, -0.25) is 8.75 Å². The smallest absolute Gasteiger partial charge is 0.341 e. The molecule has 1 aromatic heterocycles. The molecule has 3 aromatic carbocycles. The number of benzene rings is 3. The van der Waals surface area contributed by atoms with Crippen molar-refractivity contribution in [2.24, 2.45) is 0 Å². The first-order chi connectivity index (χ1) is 17.1. The predicted molar refractivity (Wildman–Crippen MR) is 138 cm³/mol. The quantitative estimate of drug-likeness (QED) is 0.288. The maximum absolute atomic E-state index is 12.8. The minimum atomic E-state index is -0.442. The van der Waals surface area contributed by atoms with Crippen molar-refractivity contribution >= 4 is 27.6 Å². The number of hydrogen-bond donors (Lipinski definition) is 0. The van der Waals surface area contributed by atoms with Crippen molar-refractivity contribution < 1.29 is 19.0 Å². The first kappa shape index (κ1) is 23.2. The second kappa shape index (κ2) is 9.96. The van der Waals surface area contributed by atoms with Gasteiger partial charge >= 0.3 is 5.97 Å². The molecule has 1 aliphatic rings. The van der Waals surface area contributed by atoms with E-state index in [1.54, 1.807) is 23.7 Å². The maximum Gasteiger partial charge on any atom is 0.341 e. The standard InChI is InChI=1S/C28H27NO5S/c1-32-25-13-10-20(15-24(25)28(31)33-2)19-7-5-6-18(14-19)17-34-22-11-12-23-26(16-22)35-29(27(23)30)21-8-3-4-9-21/h5-7,10-16,21H,3-4,8-9,17H2,1-2H3. The van der Waals surface area contributed by atoms with Gasteiger partial charge in [-0.1, -0.05) is 48.6 Å². The molecule has 0 N–H and O–H groups in total. The summed E-state index contributed by atoms with van der Waals surface area (Å²) in [6.07, 6.45) is 4.56. The molecule has 0 amide bonds. The molecule has 0 radical (unpaired) electrons. The monoisotopic (exact) mass is 489 g/mol. The van der Waals surface area contributed by atoms with E-state index in [0.29, 0.717) is 24.0 Å². The Morgan fingerprint density at radius 3 is 2.57 bits per heavy atom. The van der Waals surface area contributed by atoms with E-state index >= 15 is 0 Å². The summed E-state index contributed by atoms with van der Waals surface area (Å²) < 4.78 is 19.2. The van der Waals surface area contributed by atoms with Gasteiger partial charge in [0.15, 0.2) is 0 Å². The Labute approximate surface area is 207 Å². The molecule has 0 saturated heterocycles. The maximum atomic E-state index is 12.8. The molecule has 0 atom stereocenters. The van der Waals surface area contributed by atoms with Crippen LogP contribution in [0.15, 0.2) is 65.5 Å². The summed E-state index contributed by atoms with van der Waals surface area (Å²) >= 11 is 1.54. The Kier molecular flexibility index (Phi) is 6.59. The highest BCUT2D eigenvalue weighted by molar-refractivity contribution is 7.13. The number of esters is 1. The molecule has 0 spiro atoms. The number of carbonyl (C=O) groups is 1. The van der Waals surface area contributed by atoms with E-state index < -0.39 is 5.97 Å². The van der Waals surface area contributed by atoms with Crippen molar-refractivity contribution in [2.45, 2.75) is 38.3 Å². The molecule has 4 aromatic rings. The van der Waals surface area contributed by atoms with Crippen LogP contribution < -0.4 is 15.0 Å². The van der Waals surface area contributed by atoms with Gasteiger partial charge in [0, 0.05) is 6.04 Å². The van der Waals surface area contributed by atoms with Crippen LogP contribution >= 0.6 is 11.5 Å². The first-order valence-corrected chi connectivity index (χ1v) is 12.5. The Morgan fingerprint density at radius 1 is 1.00 bits per heavy atom. The Balaban J connectivity index is 1.35. The fraction of sp³-hybridized carbons (Fsp3) is 0.286. The van der Waals surface area contributed by atoms with Gasteiger partial charge in [0.1, 0.15) is 23.7 Å². The topological polar surface area (TPSA) is 66.8 Å². The number of fused-ring (bicyclic) bond motifs is 1. The Hall–Kier alpha value is -3.58. The van der Waals surface area contributed by atoms with Gasteiger partial charge in [0.25, 0.3) is 5.56 Å². The largest absolute Gasteiger partial charge is 0.496 e. The molecule has 180 valence electrons. The summed E-state index contributed by atoms with van der Waals surface area (Å²) in [7, 11) is 2.88. The van der Waals surface area contributed by atoms with Gasteiger partial charge in [0.2, 0.25) is 0 Å². The predicted octanol–water partition coefficient (Wildman–Crippen LogP) is 6.22. The van der Waals surface area contributed by atoms with Crippen molar-refractivity contribution in [3.05, 3.63) is 82.1 Å². The zero-order valence-corrected chi connectivity index (χ0v) is 20.6. The van der Waals surface area contributed by atoms with Crippen LogP contribution in [0.5, 0.6) is 11.5 Å². The second-order valence-electron chi connectivity index (χ2n) is 8.71. The van der Waals surface area contributed by atoms with Crippen molar-refractivity contribution in [3.63, 3.8) is 0 Å². The first-order valence-electron chi connectivity index (χ1n) is 11.7. The lowest BCUT2D eigenvalue weighted by Gasteiger charge is -2.11. The zero-order chi connectivity index (χ0) is 24.4. The van der Waals surface area contributed by atoms with Crippen LogP contribution in [0.4, 0.5) is 0 Å². The van der Waals surface area contributed by atoms with Crippen LogP contribution in [0.1, 0.15) is 47.6 Å². The van der Waals surface area contributed by atoms with Crippen LogP contribution in [0.25, 0.3) is 21.2 Å². The summed E-state index contributed by atoms with van der Waals surface area (Å²) in [5, 5.41) is 0.761. The number of carbonyl (C=O) groups excluding carboxylic acids is 1. The highest BCUT2D eigenvalue weighted by Crippen LogP contribution is 2.33. The third-order valence-electron chi connectivity index (χ3n) is 6.51. The molecule has 0 bridgehead atoms. The number of methoxy groups -OCH3 is 2. The van der Waals surface area contributed by atoms with Gasteiger partial charge in [0.05, 0.1) is 24.3 Å². The number of ether oxygens (including phenoxy) is 3. The van der Waals surface area contributed by atoms with Gasteiger partial charge < -0.3 is 14.2 Å². The highest BCUT2D eigenvalue weighted by atomic mass is 32.1. The van der Waals surface area contributed by atoms with E-state index in [1.165, 1.54) is 27.1 Å². The SMILES string of the molecule is COC(=O)c1cc(-c2cccc(COc3ccc4c(=O)n(C5CCCC5)sc4c3)c2)ccc1OC. The lowest BCUT2D eigenvalue weighted by Crippen LogP contribution is -2.16. The van der Waals surface area contributed by atoms with E-state index in [4.69, 9.17) is 14.2 Å². The zero-order valence-electron chi connectivity index (χ0n) is 19.8. The summed E-state index contributed by atoms with van der Waals surface area (Å²) in [6, 6.07) is 19.5. The van der Waals surface area contributed by atoms with Crippen molar-refractivity contribution in [1.82, 2.24) is 3.96 Å². The van der Waals surface area contributed by atoms with Crippen LogP contribution in [0, 0.1) is 0 Å². The van der Waals surface area contributed by atoms with Gasteiger partial charge in [-0.05, 0) is 65.9 Å². The van der Waals surface area contributed by atoms with Gasteiger partial charge in [-0.2, -0.15) is 0 Å². The number of rotatable bonds is 7. The van der Waals surface area contributed by atoms with Crippen molar-refractivity contribution in [2.75, 3.05) is 14.2 Å². The third-order valence-corrected chi connectivity index (χ3v) is 7.70. The minimum absolute atomic E-state index is 0.113. The summed E-state index contributed by atoms with van der Waals surface area (Å²) in [5.41, 5.74) is 3.33. The summed E-state index contributed by atoms with van der Waals surface area (Å²) in [6.45, 7) is 0.387. The fourth-order valence-corrected chi connectivity index (χ4v) is 5.83. The molecule has 1 aliphatic carbocycles. The average molecular weight is 490 g/mol. The fourth-order valence-electron chi connectivity index (χ4n) is 4.65. The highest BCUT2D eigenvalue weighted by Gasteiger charge is 2.21. The van der Waals surface area contributed by atoms with Crippen LogP contribution in [0.2, 0.25) is 0 Å². The second-order valence-corrected chi connectivity index (χ2v) is 9.73. The van der Waals surface area contributed by atoms with Crippen molar-refractivity contribution in [3.8, 4) is 22.6 Å².